The molecule has 4 rings (SSSR count). The number of nitrogens with zero attached hydrogens (tertiary/aromatic N) is 2. The molecule has 0 atom stereocenters. The number of benzene rings is 2. The Morgan fingerprint density at radius 2 is 1.80 bits per heavy atom. The minimum atomic E-state index is -3.51. The predicted molar refractivity (Wildman–Crippen MR) is 115 cm³/mol. The largest absolute Gasteiger partial charge is 0.497 e. The van der Waals surface area contributed by atoms with Gasteiger partial charge in [0.2, 0.25) is 15.9 Å². The Morgan fingerprint density at radius 3 is 2.37 bits per heavy atom. The lowest BCUT2D eigenvalue weighted by molar-refractivity contribution is -0.142. The van der Waals surface area contributed by atoms with E-state index in [-0.39, 0.29) is 5.91 Å². The van der Waals surface area contributed by atoms with E-state index in [4.69, 9.17) is 4.74 Å². The van der Waals surface area contributed by atoms with Gasteiger partial charge in [-0.2, -0.15) is 0 Å². The van der Waals surface area contributed by atoms with E-state index >= 15 is 0 Å². The number of carbonyl (C=O) groups is 1. The molecule has 1 aliphatic heterocycles. The number of amides is 1. The van der Waals surface area contributed by atoms with E-state index in [1.54, 1.807) is 33.3 Å². The van der Waals surface area contributed by atoms with Crippen LogP contribution in [0.25, 0.3) is 0 Å². The summed E-state index contributed by atoms with van der Waals surface area (Å²) in [6.45, 7) is 0.979. The van der Waals surface area contributed by atoms with Crippen molar-refractivity contribution >= 4 is 15.9 Å². The van der Waals surface area contributed by atoms with E-state index in [0.29, 0.717) is 24.4 Å². The van der Waals surface area contributed by atoms with Crippen LogP contribution in [0, 0.1) is 0 Å². The van der Waals surface area contributed by atoms with Gasteiger partial charge in [0.1, 0.15) is 5.75 Å². The molecule has 0 aromatic heterocycles. The summed E-state index contributed by atoms with van der Waals surface area (Å²) in [4.78, 5) is 15.9. The molecule has 0 unspecified atom stereocenters. The van der Waals surface area contributed by atoms with E-state index in [0.717, 1.165) is 41.7 Å². The van der Waals surface area contributed by atoms with Crippen molar-refractivity contribution in [2.45, 2.75) is 42.5 Å². The molecule has 1 saturated carbocycles. The van der Waals surface area contributed by atoms with Crippen molar-refractivity contribution in [2.24, 2.45) is 0 Å². The molecular formula is C23H28N2O4S. The summed E-state index contributed by atoms with van der Waals surface area (Å²) in [6, 6.07) is 13.2. The average molecular weight is 429 g/mol. The average Bonchev–Trinajstić information content (AvgIpc) is 2.72. The van der Waals surface area contributed by atoms with Crippen LogP contribution in [0.3, 0.4) is 0 Å². The van der Waals surface area contributed by atoms with Crippen LogP contribution in [0.5, 0.6) is 5.75 Å². The number of sulfonamides is 1. The van der Waals surface area contributed by atoms with Crippen molar-refractivity contribution in [2.75, 3.05) is 27.7 Å². The highest BCUT2D eigenvalue weighted by molar-refractivity contribution is 7.89. The topological polar surface area (TPSA) is 66.9 Å². The quantitative estimate of drug-likeness (QED) is 0.734. The molecule has 1 fully saturated rings. The van der Waals surface area contributed by atoms with E-state index in [1.807, 2.05) is 35.2 Å². The van der Waals surface area contributed by atoms with Crippen molar-refractivity contribution in [3.63, 3.8) is 0 Å². The summed E-state index contributed by atoms with van der Waals surface area (Å²) in [5.74, 6) is 0.924. The number of fused-ring (bicyclic) bond motifs is 1. The normalized spacial score (nSPS) is 17.9. The lowest BCUT2D eigenvalue weighted by Crippen LogP contribution is -2.52. The van der Waals surface area contributed by atoms with Crippen LogP contribution in [0.2, 0.25) is 0 Å². The number of hydrogen-bond acceptors (Lipinski definition) is 4. The minimum Gasteiger partial charge on any atom is -0.497 e. The zero-order chi connectivity index (χ0) is 21.5. The Labute approximate surface area is 178 Å². The van der Waals surface area contributed by atoms with Crippen LogP contribution in [0.15, 0.2) is 47.4 Å². The summed E-state index contributed by atoms with van der Waals surface area (Å²) in [6.07, 6.45) is 3.27. The van der Waals surface area contributed by atoms with Crippen LogP contribution in [-0.2, 0) is 33.2 Å². The molecule has 160 valence electrons. The van der Waals surface area contributed by atoms with Crippen LogP contribution < -0.4 is 4.74 Å². The SMILES string of the molecule is COc1ccc(C2(C(=O)N3CCc4c(cccc4S(=O)(=O)N(C)C)C3)CCC2)cc1. The second-order valence-corrected chi connectivity index (χ2v) is 10.4. The van der Waals surface area contributed by atoms with Gasteiger partial charge in [0.15, 0.2) is 0 Å². The van der Waals surface area contributed by atoms with Gasteiger partial charge in [0, 0.05) is 27.2 Å². The van der Waals surface area contributed by atoms with Gasteiger partial charge in [-0.25, -0.2) is 12.7 Å². The number of carbonyl (C=O) groups excluding carboxylic acids is 1. The first kappa shape index (κ1) is 20.9. The second kappa shape index (κ2) is 7.71. The third kappa shape index (κ3) is 3.30. The van der Waals surface area contributed by atoms with Crippen molar-refractivity contribution < 1.29 is 17.9 Å². The lowest BCUT2D eigenvalue weighted by Gasteiger charge is -2.45. The number of hydrogen-bond donors (Lipinski definition) is 0. The third-order valence-electron chi connectivity index (χ3n) is 6.53. The third-order valence-corrected chi connectivity index (χ3v) is 8.43. The number of rotatable bonds is 5. The molecule has 1 amide bonds. The van der Waals surface area contributed by atoms with Gasteiger partial charge < -0.3 is 9.64 Å². The first-order valence-electron chi connectivity index (χ1n) is 10.3. The molecular weight excluding hydrogens is 400 g/mol. The van der Waals surface area contributed by atoms with Gasteiger partial charge in [-0.05, 0) is 54.2 Å². The van der Waals surface area contributed by atoms with Gasteiger partial charge >= 0.3 is 0 Å². The number of methoxy groups -OCH3 is 1. The molecule has 0 radical (unpaired) electrons. The molecule has 30 heavy (non-hydrogen) atoms. The first-order chi connectivity index (χ1) is 14.3. The summed E-state index contributed by atoms with van der Waals surface area (Å²) in [5.41, 5.74) is 2.32. The highest BCUT2D eigenvalue weighted by atomic mass is 32.2. The van der Waals surface area contributed by atoms with E-state index in [1.165, 1.54) is 4.31 Å². The molecule has 2 aliphatic rings. The van der Waals surface area contributed by atoms with Gasteiger partial charge in [-0.1, -0.05) is 30.7 Å². The summed E-state index contributed by atoms with van der Waals surface area (Å²) in [7, 11) is 1.21. The molecule has 2 aromatic carbocycles. The Morgan fingerprint density at radius 1 is 1.10 bits per heavy atom. The standard InChI is InChI=1S/C23H28N2O4S/c1-24(2)30(27,28)21-7-4-6-17-16-25(15-12-20(17)21)22(26)23(13-5-14-23)18-8-10-19(29-3)11-9-18/h4,6-11H,5,12-16H2,1-3H3. The van der Waals surface area contributed by atoms with E-state index in [9.17, 15) is 13.2 Å². The molecule has 1 heterocycles. The molecule has 0 N–H and O–H groups in total. The van der Waals surface area contributed by atoms with Gasteiger partial charge in [-0.3, -0.25) is 4.79 Å². The summed E-state index contributed by atoms with van der Waals surface area (Å²) >= 11 is 0. The fraction of sp³-hybridized carbons (Fsp3) is 0.435. The fourth-order valence-electron chi connectivity index (χ4n) is 4.56. The molecule has 2 aromatic rings. The highest BCUT2D eigenvalue weighted by Gasteiger charge is 2.48. The minimum absolute atomic E-state index is 0.144. The Kier molecular flexibility index (Phi) is 5.36. The zero-order valence-corrected chi connectivity index (χ0v) is 18.5. The monoisotopic (exact) mass is 428 g/mol. The molecule has 0 spiro atoms. The summed E-state index contributed by atoms with van der Waals surface area (Å²) in [5, 5.41) is 0. The molecule has 0 bridgehead atoms. The van der Waals surface area contributed by atoms with Crippen LogP contribution in [-0.4, -0.2) is 51.3 Å². The van der Waals surface area contributed by atoms with E-state index in [2.05, 4.69) is 0 Å². The second-order valence-electron chi connectivity index (χ2n) is 8.32. The maximum atomic E-state index is 13.6. The Balaban J connectivity index is 1.62. The fourth-order valence-corrected chi connectivity index (χ4v) is 5.74. The predicted octanol–water partition coefficient (Wildman–Crippen LogP) is 2.95. The molecule has 0 saturated heterocycles. The van der Waals surface area contributed by atoms with Crippen LogP contribution >= 0.6 is 0 Å². The molecule has 7 heteroatoms. The molecule has 1 aliphatic carbocycles. The van der Waals surface area contributed by atoms with Gasteiger partial charge in [-0.15, -0.1) is 0 Å². The Hall–Kier alpha value is -2.38. The van der Waals surface area contributed by atoms with Crippen LogP contribution in [0.1, 0.15) is 36.0 Å². The lowest BCUT2D eigenvalue weighted by atomic mass is 9.63. The Bertz CT molecular complexity index is 1060. The highest BCUT2D eigenvalue weighted by Crippen LogP contribution is 2.46. The zero-order valence-electron chi connectivity index (χ0n) is 17.7. The van der Waals surface area contributed by atoms with Gasteiger partial charge in [0.05, 0.1) is 17.4 Å². The first-order valence-corrected chi connectivity index (χ1v) is 11.7. The van der Waals surface area contributed by atoms with Crippen molar-refractivity contribution in [3.05, 3.63) is 59.2 Å². The van der Waals surface area contributed by atoms with E-state index < -0.39 is 15.4 Å². The smallest absolute Gasteiger partial charge is 0.242 e. The maximum Gasteiger partial charge on any atom is 0.242 e. The summed E-state index contributed by atoms with van der Waals surface area (Å²) < 4.78 is 31.9. The maximum absolute atomic E-state index is 13.6. The van der Waals surface area contributed by atoms with Crippen molar-refractivity contribution in [1.29, 1.82) is 0 Å². The van der Waals surface area contributed by atoms with Crippen molar-refractivity contribution in [1.82, 2.24) is 9.21 Å². The molecule has 6 nitrogen and oxygen atoms in total. The van der Waals surface area contributed by atoms with Crippen LogP contribution in [0.4, 0.5) is 0 Å². The number of ether oxygens (including phenoxy) is 1. The van der Waals surface area contributed by atoms with Gasteiger partial charge in [0.25, 0.3) is 0 Å². The van der Waals surface area contributed by atoms with Crippen molar-refractivity contribution in [3.8, 4) is 5.75 Å².